The van der Waals surface area contributed by atoms with Crippen LogP contribution in [0.3, 0.4) is 0 Å². The van der Waals surface area contributed by atoms with Crippen LogP contribution in [0.15, 0.2) is 48.6 Å². The number of aliphatic hydroxyl groups excluding tert-OH is 2. The Balaban J connectivity index is 3.61. The van der Waals surface area contributed by atoms with E-state index in [1.165, 1.54) is 38.5 Å². The van der Waals surface area contributed by atoms with Crippen LogP contribution in [-0.2, 0) is 19.1 Å². The summed E-state index contributed by atoms with van der Waals surface area (Å²) in [6.07, 6.45) is 33.9. The molecule has 0 aliphatic heterocycles. The van der Waals surface area contributed by atoms with E-state index in [0.717, 1.165) is 64.2 Å². The third-order valence-corrected chi connectivity index (χ3v) is 6.73. The van der Waals surface area contributed by atoms with E-state index in [-0.39, 0.29) is 31.3 Å². The topological polar surface area (TPSA) is 93.1 Å². The largest absolute Gasteiger partial charge is 0.463 e. The Hall–Kier alpha value is -2.18. The maximum absolute atomic E-state index is 11.9. The molecular formula is C35H60O6. The lowest BCUT2D eigenvalue weighted by Crippen LogP contribution is -2.25. The van der Waals surface area contributed by atoms with E-state index in [9.17, 15) is 19.8 Å². The number of ether oxygens (including phenoxy) is 2. The van der Waals surface area contributed by atoms with Crippen molar-refractivity contribution in [3.8, 4) is 0 Å². The molecule has 0 heterocycles. The van der Waals surface area contributed by atoms with Gasteiger partial charge in [-0.2, -0.15) is 0 Å². The average Bonchev–Trinajstić information content (AvgIpc) is 2.97. The van der Waals surface area contributed by atoms with Gasteiger partial charge in [-0.1, -0.05) is 114 Å². The van der Waals surface area contributed by atoms with Crippen molar-refractivity contribution >= 4 is 11.9 Å². The van der Waals surface area contributed by atoms with E-state index in [4.69, 9.17) is 9.47 Å². The molecule has 0 fully saturated rings. The van der Waals surface area contributed by atoms with E-state index in [1.54, 1.807) is 0 Å². The van der Waals surface area contributed by atoms with E-state index >= 15 is 0 Å². The highest BCUT2D eigenvalue weighted by Crippen LogP contribution is 2.11. The SMILES string of the molecule is CCCCCCCCCCCC(=O)OC[C@H](O)COC(=O)CCC/C=C\C/C=C\C/C=C\C/C=C\CC[C@@H](O)CC. The third-order valence-electron chi connectivity index (χ3n) is 6.73. The van der Waals surface area contributed by atoms with Crippen LogP contribution < -0.4 is 0 Å². The Labute approximate surface area is 251 Å². The molecule has 2 atom stereocenters. The van der Waals surface area contributed by atoms with Crippen molar-refractivity contribution in [3.05, 3.63) is 48.6 Å². The fourth-order valence-corrected chi connectivity index (χ4v) is 4.06. The zero-order valence-corrected chi connectivity index (χ0v) is 26.2. The first-order chi connectivity index (χ1) is 20.0. The Kier molecular flexibility index (Phi) is 29.1. The molecule has 0 amide bonds. The minimum absolute atomic E-state index is 0.141. The molecule has 0 spiro atoms. The molecule has 0 aliphatic rings. The van der Waals surface area contributed by atoms with E-state index in [2.05, 4.69) is 55.5 Å². The maximum Gasteiger partial charge on any atom is 0.305 e. The summed E-state index contributed by atoms with van der Waals surface area (Å²) in [6.45, 7) is 3.92. The molecule has 0 rings (SSSR count). The lowest BCUT2D eigenvalue weighted by atomic mass is 10.1. The number of carbonyl (C=O) groups excluding carboxylic acids is 2. The van der Waals surface area contributed by atoms with Crippen LogP contribution in [-0.4, -0.2) is 47.6 Å². The van der Waals surface area contributed by atoms with Crippen LogP contribution in [0.4, 0.5) is 0 Å². The normalized spacial score (nSPS) is 13.6. The first-order valence-electron chi connectivity index (χ1n) is 16.3. The summed E-state index contributed by atoms with van der Waals surface area (Å²) in [7, 11) is 0. The molecule has 0 bridgehead atoms. The molecule has 0 aromatic heterocycles. The Morgan fingerprint density at radius 2 is 1.00 bits per heavy atom. The highest BCUT2D eigenvalue weighted by atomic mass is 16.6. The van der Waals surface area contributed by atoms with Crippen molar-refractivity contribution < 1.29 is 29.3 Å². The van der Waals surface area contributed by atoms with Gasteiger partial charge in [0, 0.05) is 12.8 Å². The predicted octanol–water partition coefficient (Wildman–Crippen LogP) is 8.47. The third kappa shape index (κ3) is 30.6. The van der Waals surface area contributed by atoms with Crippen molar-refractivity contribution in [1.29, 1.82) is 0 Å². The fourth-order valence-electron chi connectivity index (χ4n) is 4.06. The Bertz CT molecular complexity index is 724. The quantitative estimate of drug-likeness (QED) is 0.0551. The smallest absolute Gasteiger partial charge is 0.305 e. The lowest BCUT2D eigenvalue weighted by Gasteiger charge is -2.12. The molecule has 0 unspecified atom stereocenters. The minimum Gasteiger partial charge on any atom is -0.463 e. The molecule has 6 heteroatoms. The minimum atomic E-state index is -0.991. The van der Waals surface area contributed by atoms with E-state index in [0.29, 0.717) is 19.3 Å². The first kappa shape index (κ1) is 38.8. The summed E-state index contributed by atoms with van der Waals surface area (Å²) >= 11 is 0. The number of rotatable bonds is 28. The van der Waals surface area contributed by atoms with Crippen LogP contribution in [0, 0.1) is 0 Å². The molecule has 0 aromatic carbocycles. The predicted molar refractivity (Wildman–Crippen MR) is 170 cm³/mol. The van der Waals surface area contributed by atoms with Crippen molar-refractivity contribution in [2.45, 2.75) is 148 Å². The van der Waals surface area contributed by atoms with Gasteiger partial charge in [-0.05, 0) is 57.8 Å². The zero-order chi connectivity index (χ0) is 30.2. The molecule has 0 saturated carbocycles. The number of aliphatic hydroxyl groups is 2. The van der Waals surface area contributed by atoms with Crippen LogP contribution in [0.1, 0.15) is 136 Å². The van der Waals surface area contributed by atoms with Gasteiger partial charge in [-0.15, -0.1) is 0 Å². The molecule has 0 aromatic rings. The van der Waals surface area contributed by atoms with Gasteiger partial charge in [0.25, 0.3) is 0 Å². The number of esters is 2. The van der Waals surface area contributed by atoms with Crippen LogP contribution in [0.5, 0.6) is 0 Å². The summed E-state index contributed by atoms with van der Waals surface area (Å²) < 4.78 is 10.2. The first-order valence-corrected chi connectivity index (χ1v) is 16.3. The Morgan fingerprint density at radius 1 is 0.561 bits per heavy atom. The van der Waals surface area contributed by atoms with Crippen molar-refractivity contribution in [2.24, 2.45) is 0 Å². The molecule has 0 aliphatic carbocycles. The van der Waals surface area contributed by atoms with Gasteiger partial charge >= 0.3 is 11.9 Å². The van der Waals surface area contributed by atoms with Gasteiger partial charge in [-0.25, -0.2) is 0 Å². The van der Waals surface area contributed by atoms with Crippen molar-refractivity contribution in [3.63, 3.8) is 0 Å². The van der Waals surface area contributed by atoms with Crippen LogP contribution in [0.25, 0.3) is 0 Å². The van der Waals surface area contributed by atoms with Crippen LogP contribution >= 0.6 is 0 Å². The molecule has 41 heavy (non-hydrogen) atoms. The van der Waals surface area contributed by atoms with E-state index < -0.39 is 6.10 Å². The highest BCUT2D eigenvalue weighted by Gasteiger charge is 2.11. The standard InChI is InChI=1S/C35H60O6/c1-3-5-6-7-8-15-19-22-25-28-34(38)40-30-33(37)31-41-35(39)29-26-23-20-17-14-12-10-9-11-13-16-18-21-24-27-32(36)4-2/h10-13,17-18,20-21,32-33,36-37H,3-9,14-16,19,22-31H2,1-2H3/b12-10-,13-11-,20-17-,21-18-/t32-,33-/m0/s1. The number of unbranched alkanes of at least 4 members (excludes halogenated alkanes) is 9. The highest BCUT2D eigenvalue weighted by molar-refractivity contribution is 5.69. The summed E-state index contributed by atoms with van der Waals surface area (Å²) in [4.78, 5) is 23.7. The number of hydrogen-bond donors (Lipinski definition) is 2. The summed E-state index contributed by atoms with van der Waals surface area (Å²) in [5.74, 6) is -0.654. The summed E-state index contributed by atoms with van der Waals surface area (Å²) in [6, 6.07) is 0. The molecular weight excluding hydrogens is 516 g/mol. The van der Waals surface area contributed by atoms with Crippen LogP contribution in [0.2, 0.25) is 0 Å². The molecule has 0 saturated heterocycles. The fraction of sp³-hybridized carbons (Fsp3) is 0.714. The second kappa shape index (κ2) is 30.8. The zero-order valence-electron chi connectivity index (χ0n) is 26.2. The maximum atomic E-state index is 11.9. The molecule has 2 N–H and O–H groups in total. The summed E-state index contributed by atoms with van der Waals surface area (Å²) in [5, 5.41) is 19.4. The monoisotopic (exact) mass is 576 g/mol. The van der Waals surface area contributed by atoms with Gasteiger partial charge in [0.2, 0.25) is 0 Å². The van der Waals surface area contributed by atoms with Crippen molar-refractivity contribution in [2.75, 3.05) is 13.2 Å². The number of hydrogen-bond acceptors (Lipinski definition) is 6. The molecule has 6 nitrogen and oxygen atoms in total. The molecule has 236 valence electrons. The van der Waals surface area contributed by atoms with Crippen molar-refractivity contribution in [1.82, 2.24) is 0 Å². The van der Waals surface area contributed by atoms with Gasteiger partial charge in [0.15, 0.2) is 0 Å². The van der Waals surface area contributed by atoms with E-state index in [1.807, 2.05) is 6.92 Å². The second-order valence-corrected chi connectivity index (χ2v) is 10.7. The number of carbonyl (C=O) groups is 2. The molecule has 0 radical (unpaired) electrons. The van der Waals surface area contributed by atoms with Gasteiger partial charge in [0.05, 0.1) is 6.10 Å². The summed E-state index contributed by atoms with van der Waals surface area (Å²) in [5.41, 5.74) is 0. The van der Waals surface area contributed by atoms with Gasteiger partial charge < -0.3 is 19.7 Å². The van der Waals surface area contributed by atoms with Gasteiger partial charge in [0.1, 0.15) is 19.3 Å². The Morgan fingerprint density at radius 3 is 1.51 bits per heavy atom. The lowest BCUT2D eigenvalue weighted by molar-refractivity contribution is -0.152. The average molecular weight is 577 g/mol. The number of allylic oxidation sites excluding steroid dienone is 8. The second-order valence-electron chi connectivity index (χ2n) is 10.7. The van der Waals surface area contributed by atoms with Gasteiger partial charge in [-0.3, -0.25) is 9.59 Å².